The standard InChI is InChI=1S/C8H15NO2/c1-4-7(2)8(10)11-6-5-9-3/h9H,2,4-6H2,1,3H3. The Hall–Kier alpha value is -0.830. The lowest BCUT2D eigenvalue weighted by molar-refractivity contribution is -0.138. The Morgan fingerprint density at radius 2 is 2.27 bits per heavy atom. The highest BCUT2D eigenvalue weighted by molar-refractivity contribution is 5.87. The normalized spacial score (nSPS) is 9.27. The second kappa shape index (κ2) is 5.92. The summed E-state index contributed by atoms with van der Waals surface area (Å²) >= 11 is 0. The fraction of sp³-hybridized carbons (Fsp3) is 0.625. The van der Waals surface area contributed by atoms with Crippen LogP contribution in [-0.4, -0.2) is 26.2 Å². The predicted molar refractivity (Wildman–Crippen MR) is 44.3 cm³/mol. The van der Waals surface area contributed by atoms with Gasteiger partial charge < -0.3 is 10.1 Å². The van der Waals surface area contributed by atoms with Crippen LogP contribution in [0.1, 0.15) is 13.3 Å². The maximum absolute atomic E-state index is 10.9. The van der Waals surface area contributed by atoms with Gasteiger partial charge in [0.15, 0.2) is 0 Å². The SMILES string of the molecule is C=C(CC)C(=O)OCCNC. The van der Waals surface area contributed by atoms with Gasteiger partial charge in [-0.2, -0.15) is 0 Å². The van der Waals surface area contributed by atoms with Gasteiger partial charge in [-0.1, -0.05) is 13.5 Å². The van der Waals surface area contributed by atoms with Crippen molar-refractivity contribution in [2.24, 2.45) is 0 Å². The van der Waals surface area contributed by atoms with E-state index in [1.165, 1.54) is 0 Å². The van der Waals surface area contributed by atoms with Gasteiger partial charge in [0, 0.05) is 12.1 Å². The van der Waals surface area contributed by atoms with E-state index < -0.39 is 0 Å². The molecular formula is C8H15NO2. The zero-order valence-corrected chi connectivity index (χ0v) is 7.14. The predicted octanol–water partition coefficient (Wildman–Crippen LogP) is 0.715. The number of likely N-dealkylation sites (N-methyl/N-ethyl adjacent to an activating group) is 1. The molecule has 0 amide bonds. The van der Waals surface area contributed by atoms with Gasteiger partial charge in [-0.3, -0.25) is 0 Å². The highest BCUT2D eigenvalue weighted by Gasteiger charge is 2.04. The Bertz CT molecular complexity index is 143. The molecule has 0 heterocycles. The summed E-state index contributed by atoms with van der Waals surface area (Å²) in [6, 6.07) is 0. The van der Waals surface area contributed by atoms with E-state index in [-0.39, 0.29) is 5.97 Å². The number of hydrogen-bond acceptors (Lipinski definition) is 3. The van der Waals surface area contributed by atoms with Crippen molar-refractivity contribution in [1.82, 2.24) is 5.32 Å². The maximum Gasteiger partial charge on any atom is 0.333 e. The summed E-state index contributed by atoms with van der Waals surface area (Å²) in [5, 5.41) is 2.87. The van der Waals surface area contributed by atoms with Crippen molar-refractivity contribution in [3.05, 3.63) is 12.2 Å². The van der Waals surface area contributed by atoms with Crippen molar-refractivity contribution in [2.45, 2.75) is 13.3 Å². The molecule has 0 aromatic carbocycles. The average Bonchev–Trinajstić information content (AvgIpc) is 2.03. The Morgan fingerprint density at radius 3 is 2.73 bits per heavy atom. The summed E-state index contributed by atoms with van der Waals surface area (Å²) in [7, 11) is 1.81. The molecule has 0 unspecified atom stereocenters. The molecule has 0 aromatic heterocycles. The zero-order valence-electron chi connectivity index (χ0n) is 7.14. The molecule has 64 valence electrons. The lowest BCUT2D eigenvalue weighted by Gasteiger charge is -2.03. The van der Waals surface area contributed by atoms with Crippen molar-refractivity contribution >= 4 is 5.97 Å². The maximum atomic E-state index is 10.9. The van der Waals surface area contributed by atoms with Crippen LogP contribution in [0.2, 0.25) is 0 Å². The minimum Gasteiger partial charge on any atom is -0.461 e. The van der Waals surface area contributed by atoms with E-state index in [0.717, 1.165) is 0 Å². The van der Waals surface area contributed by atoms with Gasteiger partial charge >= 0.3 is 5.97 Å². The molecule has 0 aliphatic heterocycles. The fourth-order valence-corrected chi connectivity index (χ4v) is 0.492. The molecule has 11 heavy (non-hydrogen) atoms. The van der Waals surface area contributed by atoms with Gasteiger partial charge in [-0.25, -0.2) is 4.79 Å². The number of carbonyl (C=O) groups excluding carboxylic acids is 1. The molecule has 0 aromatic rings. The molecule has 0 bridgehead atoms. The van der Waals surface area contributed by atoms with Crippen LogP contribution in [0.5, 0.6) is 0 Å². The summed E-state index contributed by atoms with van der Waals surface area (Å²) in [6.07, 6.45) is 0.651. The van der Waals surface area contributed by atoms with E-state index in [0.29, 0.717) is 25.1 Å². The van der Waals surface area contributed by atoms with Gasteiger partial charge in [0.2, 0.25) is 0 Å². The first-order valence-electron chi connectivity index (χ1n) is 3.71. The van der Waals surface area contributed by atoms with Crippen LogP contribution in [0.15, 0.2) is 12.2 Å². The van der Waals surface area contributed by atoms with Crippen LogP contribution in [-0.2, 0) is 9.53 Å². The van der Waals surface area contributed by atoms with Crippen LogP contribution in [0, 0.1) is 0 Å². The highest BCUT2D eigenvalue weighted by atomic mass is 16.5. The van der Waals surface area contributed by atoms with Crippen LogP contribution >= 0.6 is 0 Å². The smallest absolute Gasteiger partial charge is 0.333 e. The second-order valence-corrected chi connectivity index (χ2v) is 2.20. The largest absolute Gasteiger partial charge is 0.461 e. The van der Waals surface area contributed by atoms with Gasteiger partial charge in [0.05, 0.1) is 0 Å². The third kappa shape index (κ3) is 4.56. The molecule has 0 aliphatic carbocycles. The highest BCUT2D eigenvalue weighted by Crippen LogP contribution is 1.98. The molecule has 0 saturated heterocycles. The molecular weight excluding hydrogens is 142 g/mol. The van der Waals surface area contributed by atoms with E-state index in [1.54, 1.807) is 0 Å². The van der Waals surface area contributed by atoms with Crippen LogP contribution in [0.25, 0.3) is 0 Å². The molecule has 1 N–H and O–H groups in total. The van der Waals surface area contributed by atoms with Gasteiger partial charge in [0.1, 0.15) is 6.61 Å². The lowest BCUT2D eigenvalue weighted by Crippen LogP contribution is -2.17. The van der Waals surface area contributed by atoms with Crippen LogP contribution in [0.4, 0.5) is 0 Å². The minimum atomic E-state index is -0.289. The molecule has 0 fully saturated rings. The molecule has 0 saturated carbocycles. The molecule has 0 rings (SSSR count). The van der Waals surface area contributed by atoms with E-state index in [9.17, 15) is 4.79 Å². The minimum absolute atomic E-state index is 0.289. The van der Waals surface area contributed by atoms with Crippen molar-refractivity contribution in [3.8, 4) is 0 Å². The van der Waals surface area contributed by atoms with Gasteiger partial charge in [-0.05, 0) is 13.5 Å². The molecule has 3 heteroatoms. The van der Waals surface area contributed by atoms with Crippen molar-refractivity contribution in [1.29, 1.82) is 0 Å². The third-order valence-electron chi connectivity index (χ3n) is 1.30. The molecule has 0 aliphatic rings. The Labute approximate surface area is 67.4 Å². The van der Waals surface area contributed by atoms with E-state index >= 15 is 0 Å². The Morgan fingerprint density at radius 1 is 1.64 bits per heavy atom. The van der Waals surface area contributed by atoms with Crippen LogP contribution < -0.4 is 5.32 Å². The third-order valence-corrected chi connectivity index (χ3v) is 1.30. The van der Waals surface area contributed by atoms with E-state index in [1.807, 2.05) is 14.0 Å². The average molecular weight is 157 g/mol. The number of rotatable bonds is 5. The second-order valence-electron chi connectivity index (χ2n) is 2.20. The number of hydrogen-bond donors (Lipinski definition) is 1. The first-order valence-corrected chi connectivity index (χ1v) is 3.71. The van der Waals surface area contributed by atoms with Crippen molar-refractivity contribution in [3.63, 3.8) is 0 Å². The topological polar surface area (TPSA) is 38.3 Å². The summed E-state index contributed by atoms with van der Waals surface area (Å²) in [5.74, 6) is -0.289. The first kappa shape index (κ1) is 10.2. The molecule has 3 nitrogen and oxygen atoms in total. The fourth-order valence-electron chi connectivity index (χ4n) is 0.492. The first-order chi connectivity index (χ1) is 5.22. The van der Waals surface area contributed by atoms with E-state index in [2.05, 4.69) is 11.9 Å². The molecule has 0 atom stereocenters. The summed E-state index contributed by atoms with van der Waals surface area (Å²) in [5.41, 5.74) is 0.529. The number of esters is 1. The lowest BCUT2D eigenvalue weighted by atomic mass is 10.2. The van der Waals surface area contributed by atoms with Crippen molar-refractivity contribution < 1.29 is 9.53 Å². The number of nitrogens with one attached hydrogen (secondary N) is 1. The molecule has 0 spiro atoms. The van der Waals surface area contributed by atoms with Crippen LogP contribution in [0.3, 0.4) is 0 Å². The van der Waals surface area contributed by atoms with Crippen molar-refractivity contribution in [2.75, 3.05) is 20.2 Å². The zero-order chi connectivity index (χ0) is 8.69. The quantitative estimate of drug-likeness (QED) is 0.363. The monoisotopic (exact) mass is 157 g/mol. The summed E-state index contributed by atoms with van der Waals surface area (Å²) in [6.45, 7) is 6.53. The number of ether oxygens (including phenoxy) is 1. The van der Waals surface area contributed by atoms with Gasteiger partial charge in [0.25, 0.3) is 0 Å². The summed E-state index contributed by atoms with van der Waals surface area (Å²) in [4.78, 5) is 10.9. The summed E-state index contributed by atoms with van der Waals surface area (Å²) < 4.78 is 4.83. The molecule has 0 radical (unpaired) electrons. The van der Waals surface area contributed by atoms with Gasteiger partial charge in [-0.15, -0.1) is 0 Å². The Kier molecular flexibility index (Phi) is 5.47. The Balaban J connectivity index is 3.44. The number of carbonyl (C=O) groups is 1. The van der Waals surface area contributed by atoms with E-state index in [4.69, 9.17) is 4.74 Å².